The van der Waals surface area contributed by atoms with Crippen LogP contribution in [0.25, 0.3) is 11.0 Å². The third kappa shape index (κ3) is 3.84. The Hall–Kier alpha value is -2.98. The molecule has 0 amide bonds. The van der Waals surface area contributed by atoms with E-state index in [2.05, 4.69) is 44.8 Å². The molecule has 1 spiro atoms. The van der Waals surface area contributed by atoms with Gasteiger partial charge in [0.2, 0.25) is 0 Å². The van der Waals surface area contributed by atoms with Gasteiger partial charge in [0, 0.05) is 82.2 Å². The molecule has 2 N–H and O–H groups in total. The Labute approximate surface area is 216 Å². The van der Waals surface area contributed by atoms with Crippen molar-refractivity contribution >= 4 is 22.4 Å². The zero-order valence-corrected chi connectivity index (χ0v) is 21.5. The van der Waals surface area contributed by atoms with Crippen LogP contribution in [0.2, 0.25) is 0 Å². The monoisotopic (exact) mass is 502 g/mol. The number of rotatable bonds is 4. The van der Waals surface area contributed by atoms with Crippen LogP contribution in [0.15, 0.2) is 47.4 Å². The van der Waals surface area contributed by atoms with Gasteiger partial charge < -0.3 is 25.0 Å². The number of anilines is 2. The Bertz CT molecular complexity index is 1410. The van der Waals surface area contributed by atoms with Crippen molar-refractivity contribution in [2.24, 2.45) is 12.8 Å². The lowest BCUT2D eigenvalue weighted by Gasteiger charge is -2.50. The van der Waals surface area contributed by atoms with Crippen molar-refractivity contribution < 1.29 is 9.47 Å². The predicted octanol–water partition coefficient (Wildman–Crippen LogP) is 1.42. The van der Waals surface area contributed by atoms with E-state index in [1.807, 2.05) is 12.1 Å². The standard InChI is InChI=1S/C28H34N6O3/c1-18-10-34(25-9-26(35)31(2)27-23(25)4-3-7-30-27)14-22(37-18)13-32-16-28(17-32)24-6-5-21(8-19(24)15-36-28)33-11-20(29)12-33/h3-9,18,20,22H,10-17,29H2,1-2H3/t18-,22+/m1/s1. The highest BCUT2D eigenvalue weighted by Gasteiger charge is 2.50. The van der Waals surface area contributed by atoms with E-state index >= 15 is 0 Å². The number of likely N-dealkylation sites (tertiary alicyclic amines) is 1. The number of fused-ring (bicyclic) bond motifs is 3. The summed E-state index contributed by atoms with van der Waals surface area (Å²) in [5.74, 6) is 0. The summed E-state index contributed by atoms with van der Waals surface area (Å²) < 4.78 is 14.4. The van der Waals surface area contributed by atoms with Crippen molar-refractivity contribution in [3.05, 3.63) is 64.1 Å². The van der Waals surface area contributed by atoms with Crippen molar-refractivity contribution in [3.8, 4) is 0 Å². The van der Waals surface area contributed by atoms with Crippen molar-refractivity contribution in [2.45, 2.75) is 37.4 Å². The molecule has 3 fully saturated rings. The van der Waals surface area contributed by atoms with Crippen LogP contribution < -0.4 is 21.1 Å². The van der Waals surface area contributed by atoms with Gasteiger partial charge in [-0.05, 0) is 42.3 Å². The first-order chi connectivity index (χ1) is 17.9. The molecule has 4 aliphatic rings. The fraction of sp³-hybridized carbons (Fsp3) is 0.500. The third-order valence-electron chi connectivity index (χ3n) is 8.42. The van der Waals surface area contributed by atoms with Crippen molar-refractivity contribution in [3.63, 3.8) is 0 Å². The van der Waals surface area contributed by atoms with E-state index in [0.29, 0.717) is 18.3 Å². The topological polar surface area (TPSA) is 89.1 Å². The average molecular weight is 503 g/mol. The van der Waals surface area contributed by atoms with Gasteiger partial charge in [-0.2, -0.15) is 0 Å². The van der Waals surface area contributed by atoms with Crippen LogP contribution in [-0.2, 0) is 28.7 Å². The molecule has 7 rings (SSSR count). The van der Waals surface area contributed by atoms with E-state index in [1.54, 1.807) is 23.9 Å². The number of nitrogens with zero attached hydrogens (tertiary/aromatic N) is 5. The molecule has 0 saturated carbocycles. The van der Waals surface area contributed by atoms with Crippen molar-refractivity contribution in [2.75, 3.05) is 55.6 Å². The number of hydrogen-bond donors (Lipinski definition) is 1. The Morgan fingerprint density at radius 1 is 1.11 bits per heavy atom. The minimum Gasteiger partial charge on any atom is -0.370 e. The van der Waals surface area contributed by atoms with Crippen LogP contribution in [0, 0.1) is 0 Å². The van der Waals surface area contributed by atoms with Gasteiger partial charge in [0.15, 0.2) is 0 Å². The summed E-state index contributed by atoms with van der Waals surface area (Å²) >= 11 is 0. The average Bonchev–Trinajstić information content (AvgIpc) is 3.23. The summed E-state index contributed by atoms with van der Waals surface area (Å²) in [6.45, 7) is 8.72. The van der Waals surface area contributed by atoms with Gasteiger partial charge >= 0.3 is 0 Å². The van der Waals surface area contributed by atoms with E-state index < -0.39 is 0 Å². The first-order valence-corrected chi connectivity index (χ1v) is 13.2. The van der Waals surface area contributed by atoms with E-state index in [0.717, 1.165) is 56.9 Å². The molecule has 3 saturated heterocycles. The quantitative estimate of drug-likeness (QED) is 0.573. The molecule has 3 aromatic rings. The van der Waals surface area contributed by atoms with Gasteiger partial charge in [-0.3, -0.25) is 14.3 Å². The summed E-state index contributed by atoms with van der Waals surface area (Å²) in [5.41, 5.74) is 11.3. The minimum atomic E-state index is -0.202. The van der Waals surface area contributed by atoms with E-state index in [4.69, 9.17) is 15.2 Å². The van der Waals surface area contributed by atoms with Crippen LogP contribution >= 0.6 is 0 Å². The van der Waals surface area contributed by atoms with Gasteiger partial charge in [-0.1, -0.05) is 6.07 Å². The van der Waals surface area contributed by atoms with Gasteiger partial charge in [0.1, 0.15) is 11.2 Å². The molecule has 6 heterocycles. The summed E-state index contributed by atoms with van der Waals surface area (Å²) in [6.07, 6.45) is 1.86. The number of aryl methyl sites for hydroxylation is 1. The van der Waals surface area contributed by atoms with Crippen LogP contribution in [0.3, 0.4) is 0 Å². The number of ether oxygens (including phenoxy) is 2. The number of aromatic nitrogens is 2. The highest BCUT2D eigenvalue weighted by molar-refractivity contribution is 5.89. The second kappa shape index (κ2) is 8.52. The van der Waals surface area contributed by atoms with Crippen molar-refractivity contribution in [1.29, 1.82) is 0 Å². The molecule has 9 nitrogen and oxygen atoms in total. The highest BCUT2D eigenvalue weighted by atomic mass is 16.5. The second-order valence-corrected chi connectivity index (χ2v) is 11.2. The predicted molar refractivity (Wildman–Crippen MR) is 143 cm³/mol. The van der Waals surface area contributed by atoms with Gasteiger partial charge in [-0.25, -0.2) is 4.98 Å². The zero-order chi connectivity index (χ0) is 25.3. The number of morpholine rings is 1. The summed E-state index contributed by atoms with van der Waals surface area (Å²) in [4.78, 5) is 24.2. The Morgan fingerprint density at radius 3 is 2.76 bits per heavy atom. The largest absolute Gasteiger partial charge is 0.370 e. The van der Waals surface area contributed by atoms with Crippen molar-refractivity contribution in [1.82, 2.24) is 14.5 Å². The fourth-order valence-electron chi connectivity index (χ4n) is 6.58. The maximum Gasteiger partial charge on any atom is 0.253 e. The molecular weight excluding hydrogens is 468 g/mol. The van der Waals surface area contributed by atoms with Crippen LogP contribution in [0.5, 0.6) is 0 Å². The molecule has 0 radical (unpaired) electrons. The van der Waals surface area contributed by atoms with Crippen LogP contribution in [0.1, 0.15) is 18.1 Å². The van der Waals surface area contributed by atoms with Gasteiger partial charge in [0.25, 0.3) is 5.56 Å². The maximum atomic E-state index is 12.7. The van der Waals surface area contributed by atoms with Crippen LogP contribution in [0.4, 0.5) is 11.4 Å². The molecule has 0 aliphatic carbocycles. The first kappa shape index (κ1) is 23.2. The molecule has 194 valence electrons. The molecule has 2 atom stereocenters. The van der Waals surface area contributed by atoms with Crippen LogP contribution in [-0.4, -0.2) is 78.5 Å². The molecule has 0 bridgehead atoms. The molecule has 4 aliphatic heterocycles. The van der Waals surface area contributed by atoms with E-state index in [9.17, 15) is 4.79 Å². The van der Waals surface area contributed by atoms with E-state index in [1.165, 1.54) is 16.8 Å². The molecular formula is C28H34N6O3. The summed E-state index contributed by atoms with van der Waals surface area (Å²) in [6, 6.07) is 12.8. The number of hydrogen-bond acceptors (Lipinski definition) is 8. The maximum absolute atomic E-state index is 12.7. The lowest BCUT2D eigenvalue weighted by molar-refractivity contribution is -0.155. The number of pyridine rings is 2. The SMILES string of the molecule is C[C@@H]1CN(c2cc(=O)n(C)c3ncccc23)C[C@H](CN2CC3(C2)OCc2cc(N4CC(N)C4)ccc23)O1. The summed E-state index contributed by atoms with van der Waals surface area (Å²) in [5, 5.41) is 0.996. The Balaban J connectivity index is 1.05. The highest BCUT2D eigenvalue weighted by Crippen LogP contribution is 2.45. The Kier molecular flexibility index (Phi) is 5.34. The van der Waals surface area contributed by atoms with E-state index in [-0.39, 0.29) is 23.4 Å². The number of nitrogens with two attached hydrogens (primary N) is 1. The fourth-order valence-corrected chi connectivity index (χ4v) is 6.58. The number of benzene rings is 1. The Morgan fingerprint density at radius 2 is 1.95 bits per heavy atom. The normalized spacial score (nSPS) is 25.4. The molecule has 0 unspecified atom stereocenters. The third-order valence-corrected chi connectivity index (χ3v) is 8.42. The van der Waals surface area contributed by atoms with Gasteiger partial charge in [0.05, 0.1) is 24.5 Å². The molecule has 1 aromatic carbocycles. The lowest BCUT2D eigenvalue weighted by Crippen LogP contribution is -2.62. The summed E-state index contributed by atoms with van der Waals surface area (Å²) in [7, 11) is 1.77. The second-order valence-electron chi connectivity index (χ2n) is 11.2. The molecule has 37 heavy (non-hydrogen) atoms. The molecule has 9 heteroatoms. The van der Waals surface area contributed by atoms with Gasteiger partial charge in [-0.15, -0.1) is 0 Å². The minimum absolute atomic E-state index is 0.0428. The smallest absolute Gasteiger partial charge is 0.253 e. The zero-order valence-electron chi connectivity index (χ0n) is 21.5. The lowest BCUT2D eigenvalue weighted by atomic mass is 9.84. The first-order valence-electron chi connectivity index (χ1n) is 13.2. The molecule has 2 aromatic heterocycles.